The van der Waals surface area contributed by atoms with Crippen LogP contribution in [-0.4, -0.2) is 16.5 Å². The molecule has 0 aliphatic heterocycles. The van der Waals surface area contributed by atoms with Gasteiger partial charge < -0.3 is 5.11 Å². The van der Waals surface area contributed by atoms with E-state index in [9.17, 15) is 9.90 Å². The molecule has 3 fully saturated rings. The zero-order valence-electron chi connectivity index (χ0n) is 14.8. The monoisotopic (exact) mass is 314 g/mol. The van der Waals surface area contributed by atoms with Gasteiger partial charge in [-0.1, -0.05) is 32.4 Å². The molecule has 0 radical (unpaired) electrons. The first-order chi connectivity index (χ1) is 10.8. The predicted molar refractivity (Wildman–Crippen MR) is 91.9 cm³/mol. The van der Waals surface area contributed by atoms with Gasteiger partial charge in [-0.05, 0) is 80.3 Å². The Morgan fingerprint density at radius 1 is 1.17 bits per heavy atom. The van der Waals surface area contributed by atoms with Crippen molar-refractivity contribution in [2.45, 2.75) is 71.3 Å². The average Bonchev–Trinajstić information content (AvgIpc) is 2.80. The number of allylic oxidation sites excluding steroid dienone is 4. The van der Waals surface area contributed by atoms with E-state index < -0.39 is 5.60 Å². The van der Waals surface area contributed by atoms with Crippen molar-refractivity contribution >= 4 is 5.78 Å². The third-order valence-corrected chi connectivity index (χ3v) is 8.46. The molecular weight excluding hydrogens is 284 g/mol. The largest absolute Gasteiger partial charge is 0.389 e. The van der Waals surface area contributed by atoms with Gasteiger partial charge in [-0.15, -0.1) is 0 Å². The zero-order chi connectivity index (χ0) is 16.5. The molecule has 0 aromatic carbocycles. The minimum Gasteiger partial charge on any atom is -0.389 e. The molecule has 4 rings (SSSR count). The molecule has 23 heavy (non-hydrogen) atoms. The maximum Gasteiger partial charge on any atom is 0.178 e. The highest BCUT2D eigenvalue weighted by Crippen LogP contribution is 2.67. The summed E-state index contributed by atoms with van der Waals surface area (Å²) < 4.78 is 0. The molecule has 0 saturated heterocycles. The Morgan fingerprint density at radius 3 is 2.65 bits per heavy atom. The van der Waals surface area contributed by atoms with Crippen molar-refractivity contribution in [3.63, 3.8) is 0 Å². The van der Waals surface area contributed by atoms with E-state index in [0.29, 0.717) is 17.8 Å². The van der Waals surface area contributed by atoms with Crippen LogP contribution in [0.2, 0.25) is 0 Å². The van der Waals surface area contributed by atoms with Crippen molar-refractivity contribution in [1.82, 2.24) is 0 Å². The summed E-state index contributed by atoms with van der Waals surface area (Å²) in [7, 11) is 0. The van der Waals surface area contributed by atoms with Gasteiger partial charge in [0, 0.05) is 5.41 Å². The van der Waals surface area contributed by atoms with Gasteiger partial charge in [-0.25, -0.2) is 0 Å². The number of fused-ring (bicyclic) bond motifs is 5. The van der Waals surface area contributed by atoms with Gasteiger partial charge in [-0.2, -0.15) is 0 Å². The van der Waals surface area contributed by atoms with Gasteiger partial charge in [0.2, 0.25) is 0 Å². The first-order valence-corrected chi connectivity index (χ1v) is 9.51. The Kier molecular flexibility index (Phi) is 3.27. The standard InChI is InChI=1S/C21H30O2/c1-4-21(23)12-9-18-16-6-5-14-13-15(22)7-10-19(14,2)17(16)8-11-20(18,21)3/h7,10,13,16-18,23H,4-6,8-9,11-12H2,1-3H3/t16-,17+,18+,19+,20+,21+/m1/s1. The fourth-order valence-corrected chi connectivity index (χ4v) is 6.89. The Bertz CT molecular complexity index is 603. The van der Waals surface area contributed by atoms with Crippen LogP contribution in [0.25, 0.3) is 0 Å². The van der Waals surface area contributed by atoms with E-state index in [-0.39, 0.29) is 16.6 Å². The highest BCUT2D eigenvalue weighted by Gasteiger charge is 2.62. The fraction of sp³-hybridized carbons (Fsp3) is 0.762. The number of carbonyl (C=O) groups is 1. The van der Waals surface area contributed by atoms with E-state index in [2.05, 4.69) is 26.8 Å². The second-order valence-electron chi connectivity index (χ2n) is 8.98. The third kappa shape index (κ3) is 1.88. The second kappa shape index (κ2) is 4.81. The van der Waals surface area contributed by atoms with E-state index in [4.69, 9.17) is 0 Å². The van der Waals surface area contributed by atoms with Crippen molar-refractivity contribution in [2.24, 2.45) is 28.6 Å². The van der Waals surface area contributed by atoms with Crippen molar-refractivity contribution in [3.8, 4) is 0 Å². The van der Waals surface area contributed by atoms with Crippen LogP contribution in [0.15, 0.2) is 23.8 Å². The molecule has 0 aromatic heterocycles. The van der Waals surface area contributed by atoms with Gasteiger partial charge in [0.15, 0.2) is 5.78 Å². The molecule has 2 nitrogen and oxygen atoms in total. The number of hydrogen-bond acceptors (Lipinski definition) is 2. The Balaban J connectivity index is 1.70. The molecule has 2 heteroatoms. The van der Waals surface area contributed by atoms with Gasteiger partial charge in [0.25, 0.3) is 0 Å². The topological polar surface area (TPSA) is 37.3 Å². The van der Waals surface area contributed by atoms with E-state index >= 15 is 0 Å². The lowest BCUT2D eigenvalue weighted by Crippen LogP contribution is -2.54. The molecule has 4 aliphatic carbocycles. The molecule has 6 atom stereocenters. The van der Waals surface area contributed by atoms with Crippen molar-refractivity contribution in [2.75, 3.05) is 0 Å². The number of aliphatic hydroxyl groups is 1. The maximum absolute atomic E-state index is 11.8. The average molecular weight is 314 g/mol. The molecule has 1 N–H and O–H groups in total. The molecular formula is C21H30O2. The van der Waals surface area contributed by atoms with E-state index in [1.807, 2.05) is 6.08 Å². The SMILES string of the molecule is CC[C@]1(O)CC[C@H]2[C@@H]3CCC4=CC(=O)C=C[C@]4(C)[C@H]3CC[C@@]21C. The normalized spacial score (nSPS) is 51.7. The Hall–Kier alpha value is -0.890. The van der Waals surface area contributed by atoms with E-state index in [0.717, 1.165) is 25.7 Å². The van der Waals surface area contributed by atoms with Crippen LogP contribution in [0.4, 0.5) is 0 Å². The zero-order valence-corrected chi connectivity index (χ0v) is 14.8. The quantitative estimate of drug-likeness (QED) is 0.777. The molecule has 0 amide bonds. The summed E-state index contributed by atoms with van der Waals surface area (Å²) in [5.41, 5.74) is 1.07. The van der Waals surface area contributed by atoms with E-state index in [1.54, 1.807) is 6.08 Å². The first kappa shape index (κ1) is 15.6. The van der Waals surface area contributed by atoms with Gasteiger partial charge in [0.05, 0.1) is 5.60 Å². The maximum atomic E-state index is 11.8. The van der Waals surface area contributed by atoms with Crippen LogP contribution >= 0.6 is 0 Å². The lowest BCUT2D eigenvalue weighted by Gasteiger charge is -2.58. The lowest BCUT2D eigenvalue weighted by molar-refractivity contribution is -0.123. The fourth-order valence-electron chi connectivity index (χ4n) is 6.89. The summed E-state index contributed by atoms with van der Waals surface area (Å²) in [4.78, 5) is 11.8. The second-order valence-corrected chi connectivity index (χ2v) is 8.98. The number of rotatable bonds is 1. The molecule has 0 spiro atoms. The van der Waals surface area contributed by atoms with Crippen molar-refractivity contribution < 1.29 is 9.90 Å². The van der Waals surface area contributed by atoms with Crippen molar-refractivity contribution in [1.29, 1.82) is 0 Å². The molecule has 4 aliphatic rings. The Morgan fingerprint density at radius 2 is 1.91 bits per heavy atom. The van der Waals surface area contributed by atoms with Crippen LogP contribution in [0.3, 0.4) is 0 Å². The lowest BCUT2D eigenvalue weighted by atomic mass is 9.47. The van der Waals surface area contributed by atoms with Crippen molar-refractivity contribution in [3.05, 3.63) is 23.8 Å². The van der Waals surface area contributed by atoms with Crippen LogP contribution in [-0.2, 0) is 4.79 Å². The van der Waals surface area contributed by atoms with Gasteiger partial charge in [-0.3, -0.25) is 4.79 Å². The van der Waals surface area contributed by atoms with Gasteiger partial charge in [0.1, 0.15) is 0 Å². The predicted octanol–water partition coefficient (Wildman–Crippen LogP) is 4.44. The minimum atomic E-state index is -0.460. The number of ketones is 1. The molecule has 0 aromatic rings. The molecule has 126 valence electrons. The van der Waals surface area contributed by atoms with Crippen LogP contribution < -0.4 is 0 Å². The molecule has 3 saturated carbocycles. The minimum absolute atomic E-state index is 0.0745. The summed E-state index contributed by atoms with van der Waals surface area (Å²) in [5, 5.41) is 11.2. The smallest absolute Gasteiger partial charge is 0.178 e. The van der Waals surface area contributed by atoms with Gasteiger partial charge >= 0.3 is 0 Å². The summed E-state index contributed by atoms with van der Waals surface area (Å²) in [6.45, 7) is 6.86. The van der Waals surface area contributed by atoms with Crippen LogP contribution in [0.1, 0.15) is 65.7 Å². The van der Waals surface area contributed by atoms with Crippen LogP contribution in [0.5, 0.6) is 0 Å². The highest BCUT2D eigenvalue weighted by atomic mass is 16.3. The summed E-state index contributed by atoms with van der Waals surface area (Å²) in [6.07, 6.45) is 13.5. The summed E-state index contributed by atoms with van der Waals surface area (Å²) in [5.74, 6) is 2.16. The van der Waals surface area contributed by atoms with E-state index in [1.165, 1.54) is 24.8 Å². The molecule has 0 unspecified atom stereocenters. The number of hydrogen-bond donors (Lipinski definition) is 1. The molecule has 0 bridgehead atoms. The molecule has 0 heterocycles. The number of carbonyl (C=O) groups excluding carboxylic acids is 1. The Labute approximate surface area is 140 Å². The highest BCUT2D eigenvalue weighted by molar-refractivity contribution is 6.01. The third-order valence-electron chi connectivity index (χ3n) is 8.46. The summed E-state index contributed by atoms with van der Waals surface area (Å²) >= 11 is 0. The summed E-state index contributed by atoms with van der Waals surface area (Å²) in [6, 6.07) is 0. The van der Waals surface area contributed by atoms with Crippen LogP contribution in [0, 0.1) is 28.6 Å². The first-order valence-electron chi connectivity index (χ1n) is 9.51.